The predicted molar refractivity (Wildman–Crippen MR) is 76.5 cm³/mol. The van der Waals surface area contributed by atoms with E-state index in [4.69, 9.17) is 0 Å². The van der Waals surface area contributed by atoms with Crippen LogP contribution in [0.5, 0.6) is 0 Å². The summed E-state index contributed by atoms with van der Waals surface area (Å²) in [6.45, 7) is 5.07. The minimum Gasteiger partial charge on any atom is -0.315 e. The molecule has 0 aromatic heterocycles. The normalized spacial score (nSPS) is 26.1. The van der Waals surface area contributed by atoms with Gasteiger partial charge in [-0.1, -0.05) is 6.92 Å². The highest BCUT2D eigenvalue weighted by molar-refractivity contribution is 5.92. The molecule has 2 heterocycles. The molecule has 3 nitrogen and oxygen atoms in total. The summed E-state index contributed by atoms with van der Waals surface area (Å²) >= 11 is 0. The average Bonchev–Trinajstić information content (AvgIpc) is 2.63. The number of piperidine rings is 1. The number of amides is 1. The first kappa shape index (κ1) is 13.6. The fourth-order valence-electron chi connectivity index (χ4n) is 3.71. The zero-order valence-corrected chi connectivity index (χ0v) is 12.2. The van der Waals surface area contributed by atoms with Crippen LogP contribution in [0.15, 0.2) is 35.3 Å². The fourth-order valence-corrected chi connectivity index (χ4v) is 3.71. The number of fused-ring (bicyclic) bond motifs is 1. The van der Waals surface area contributed by atoms with Crippen LogP contribution >= 0.6 is 0 Å². The lowest BCUT2D eigenvalue weighted by Gasteiger charge is -2.39. The van der Waals surface area contributed by atoms with Crippen LogP contribution in [0.2, 0.25) is 0 Å². The van der Waals surface area contributed by atoms with Crippen molar-refractivity contribution in [3.8, 4) is 0 Å². The van der Waals surface area contributed by atoms with E-state index in [0.717, 1.165) is 43.7 Å². The smallest absolute Gasteiger partial charge is 0.237 e. The van der Waals surface area contributed by atoms with Gasteiger partial charge in [0.15, 0.2) is 0 Å². The summed E-state index contributed by atoms with van der Waals surface area (Å²) in [5.74, 6) is -0.0139. The van der Waals surface area contributed by atoms with Crippen LogP contribution in [-0.2, 0) is 4.79 Å². The van der Waals surface area contributed by atoms with Crippen molar-refractivity contribution in [2.45, 2.75) is 26.2 Å². The van der Waals surface area contributed by atoms with Crippen molar-refractivity contribution in [1.29, 1.82) is 0 Å². The molecule has 2 aliphatic heterocycles. The van der Waals surface area contributed by atoms with E-state index in [1.807, 2.05) is 7.05 Å². The number of nitrogens with zero attached hydrogens (tertiary/aromatic N) is 2. The Labute approximate surface area is 119 Å². The van der Waals surface area contributed by atoms with E-state index in [-0.39, 0.29) is 17.1 Å². The molecule has 0 radical (unpaired) electrons. The van der Waals surface area contributed by atoms with E-state index >= 15 is 0 Å². The summed E-state index contributed by atoms with van der Waals surface area (Å²) in [5.41, 5.74) is 1.63. The number of halogens is 1. The molecule has 4 heteroatoms. The molecule has 1 aliphatic carbocycles. The van der Waals surface area contributed by atoms with Crippen molar-refractivity contribution in [3.63, 3.8) is 0 Å². The van der Waals surface area contributed by atoms with Gasteiger partial charge in [-0.2, -0.15) is 0 Å². The van der Waals surface area contributed by atoms with Crippen molar-refractivity contribution < 1.29 is 9.18 Å². The highest BCUT2D eigenvalue weighted by atomic mass is 19.1. The van der Waals surface area contributed by atoms with E-state index in [1.165, 1.54) is 6.08 Å². The van der Waals surface area contributed by atoms with Crippen molar-refractivity contribution in [2.24, 2.45) is 5.41 Å². The molecule has 1 spiro atoms. The third-order valence-corrected chi connectivity index (χ3v) is 5.02. The van der Waals surface area contributed by atoms with Crippen LogP contribution < -0.4 is 0 Å². The van der Waals surface area contributed by atoms with E-state index in [9.17, 15) is 9.18 Å². The van der Waals surface area contributed by atoms with Gasteiger partial charge in [0.2, 0.25) is 5.91 Å². The maximum absolute atomic E-state index is 13.5. The molecule has 0 aromatic carbocycles. The molecule has 0 saturated carbocycles. The van der Waals surface area contributed by atoms with Crippen molar-refractivity contribution in [2.75, 3.05) is 26.7 Å². The van der Waals surface area contributed by atoms with Gasteiger partial charge in [0.05, 0.1) is 5.41 Å². The number of likely N-dealkylation sites (tertiary alicyclic amines) is 1. The third-order valence-electron chi connectivity index (χ3n) is 5.02. The van der Waals surface area contributed by atoms with Crippen molar-refractivity contribution >= 4 is 5.91 Å². The highest BCUT2D eigenvalue weighted by Gasteiger charge is 2.51. The lowest BCUT2D eigenvalue weighted by atomic mass is 9.72. The lowest BCUT2D eigenvalue weighted by molar-refractivity contribution is -0.136. The molecule has 3 rings (SSSR count). The fraction of sp³-hybridized carbons (Fsp3) is 0.562. The van der Waals surface area contributed by atoms with E-state index < -0.39 is 0 Å². The van der Waals surface area contributed by atoms with Gasteiger partial charge in [-0.3, -0.25) is 4.79 Å². The number of carbonyl (C=O) groups excluding carboxylic acids is 1. The SMILES string of the molecule is CCN1CCC2(CC1)C(=O)N(C)C1=C2CC=C(F)C=C1. The number of hydrogen-bond donors (Lipinski definition) is 0. The van der Waals surface area contributed by atoms with Gasteiger partial charge in [0.25, 0.3) is 0 Å². The van der Waals surface area contributed by atoms with Crippen molar-refractivity contribution in [3.05, 3.63) is 35.3 Å². The van der Waals surface area contributed by atoms with Crippen LogP contribution in [0, 0.1) is 5.41 Å². The molecule has 20 heavy (non-hydrogen) atoms. The summed E-state index contributed by atoms with van der Waals surface area (Å²) in [5, 5.41) is 0. The lowest BCUT2D eigenvalue weighted by Crippen LogP contribution is -2.45. The van der Waals surface area contributed by atoms with E-state index in [0.29, 0.717) is 6.42 Å². The number of carbonyl (C=O) groups is 1. The van der Waals surface area contributed by atoms with Gasteiger partial charge in [0, 0.05) is 12.7 Å². The Hall–Kier alpha value is -1.42. The number of hydrogen-bond acceptors (Lipinski definition) is 2. The van der Waals surface area contributed by atoms with E-state index in [2.05, 4.69) is 11.8 Å². The van der Waals surface area contributed by atoms with Gasteiger partial charge in [-0.25, -0.2) is 4.39 Å². The summed E-state index contributed by atoms with van der Waals surface area (Å²) in [7, 11) is 1.81. The second-order valence-electron chi connectivity index (χ2n) is 5.87. The molecule has 1 fully saturated rings. The quantitative estimate of drug-likeness (QED) is 0.735. The van der Waals surface area contributed by atoms with E-state index in [1.54, 1.807) is 17.1 Å². The molecule has 0 atom stereocenters. The summed E-state index contributed by atoms with van der Waals surface area (Å²) in [4.78, 5) is 16.9. The Morgan fingerprint density at radius 2 is 2.00 bits per heavy atom. The first-order valence-electron chi connectivity index (χ1n) is 7.36. The second kappa shape index (κ2) is 4.85. The largest absolute Gasteiger partial charge is 0.315 e. The number of rotatable bonds is 1. The number of likely N-dealkylation sites (N-methyl/N-ethyl adjacent to an activating group) is 1. The monoisotopic (exact) mass is 276 g/mol. The summed E-state index contributed by atoms with van der Waals surface area (Å²) in [6.07, 6.45) is 7.08. The Bertz CT molecular complexity index is 525. The second-order valence-corrected chi connectivity index (χ2v) is 5.87. The average molecular weight is 276 g/mol. The minimum absolute atomic E-state index is 0.193. The van der Waals surface area contributed by atoms with Gasteiger partial charge in [0.1, 0.15) is 5.83 Å². The Morgan fingerprint density at radius 1 is 1.30 bits per heavy atom. The third kappa shape index (κ3) is 1.85. The topological polar surface area (TPSA) is 23.6 Å². The molecule has 108 valence electrons. The Kier molecular flexibility index (Phi) is 3.28. The standard InChI is InChI=1S/C16H21FN2O/c1-3-19-10-8-16(9-11-19)13-6-4-12(17)5-7-14(13)18(2)15(16)20/h4-5,7H,3,6,8-11H2,1-2H3. The Balaban J connectivity index is 1.97. The molecule has 3 aliphatic rings. The van der Waals surface area contributed by atoms with Gasteiger partial charge >= 0.3 is 0 Å². The van der Waals surface area contributed by atoms with Crippen LogP contribution in [0.4, 0.5) is 4.39 Å². The Morgan fingerprint density at radius 3 is 2.65 bits per heavy atom. The van der Waals surface area contributed by atoms with Crippen LogP contribution in [0.3, 0.4) is 0 Å². The molecule has 0 N–H and O–H groups in total. The van der Waals surface area contributed by atoms with Crippen LogP contribution in [-0.4, -0.2) is 42.4 Å². The van der Waals surface area contributed by atoms with Crippen LogP contribution in [0.1, 0.15) is 26.2 Å². The van der Waals surface area contributed by atoms with Gasteiger partial charge in [-0.05, 0) is 62.7 Å². The van der Waals surface area contributed by atoms with Gasteiger partial charge < -0.3 is 9.80 Å². The highest BCUT2D eigenvalue weighted by Crippen LogP contribution is 2.49. The zero-order valence-electron chi connectivity index (χ0n) is 12.2. The van der Waals surface area contributed by atoms with Crippen LogP contribution in [0.25, 0.3) is 0 Å². The molecule has 0 unspecified atom stereocenters. The molecule has 0 aromatic rings. The maximum Gasteiger partial charge on any atom is 0.237 e. The molecular weight excluding hydrogens is 255 g/mol. The minimum atomic E-state index is -0.388. The zero-order chi connectivity index (χ0) is 14.3. The molecule has 0 bridgehead atoms. The molecular formula is C16H21FN2O. The summed E-state index contributed by atoms with van der Waals surface area (Å²) in [6, 6.07) is 0. The molecule has 1 saturated heterocycles. The predicted octanol–water partition coefficient (Wildman–Crippen LogP) is 2.63. The first-order valence-corrected chi connectivity index (χ1v) is 7.36. The maximum atomic E-state index is 13.5. The number of allylic oxidation sites excluding steroid dienone is 4. The first-order chi connectivity index (χ1) is 9.58. The molecule has 1 amide bonds. The van der Waals surface area contributed by atoms with Crippen molar-refractivity contribution in [1.82, 2.24) is 9.80 Å². The van der Waals surface area contributed by atoms with Gasteiger partial charge in [-0.15, -0.1) is 0 Å². The summed E-state index contributed by atoms with van der Waals surface area (Å²) < 4.78 is 13.5.